The van der Waals surface area contributed by atoms with Gasteiger partial charge >= 0.3 is 0 Å². The van der Waals surface area contributed by atoms with Gasteiger partial charge < -0.3 is 4.79 Å². The molecule has 1 nitrogen and oxygen atoms in total. The quantitative estimate of drug-likeness (QED) is 0.389. The molecule has 0 amide bonds. The standard InChI is InChI=1S/C12H12O/c13-11-7-2-1-4-8-12-9-5-3-6-10-12/h3,5-6,9-11H,1-2,7H2. The largest absolute Gasteiger partial charge is 0.303 e. The van der Waals surface area contributed by atoms with E-state index < -0.39 is 0 Å². The minimum Gasteiger partial charge on any atom is -0.303 e. The molecule has 0 aliphatic heterocycles. The second kappa shape index (κ2) is 6.02. The van der Waals surface area contributed by atoms with Gasteiger partial charge in [-0.05, 0) is 18.6 Å². The monoisotopic (exact) mass is 172 g/mol. The van der Waals surface area contributed by atoms with E-state index in [1.807, 2.05) is 30.3 Å². The molecule has 0 heterocycles. The van der Waals surface area contributed by atoms with E-state index in [0.29, 0.717) is 6.42 Å². The number of aldehydes is 1. The molecule has 1 rings (SSSR count). The predicted octanol–water partition coefficient (Wildman–Crippen LogP) is 2.41. The number of hydrogen-bond donors (Lipinski definition) is 0. The van der Waals surface area contributed by atoms with Crippen molar-refractivity contribution in [2.75, 3.05) is 0 Å². The summed E-state index contributed by atoms with van der Waals surface area (Å²) in [4.78, 5) is 9.99. The number of rotatable bonds is 3. The zero-order valence-electron chi connectivity index (χ0n) is 7.49. The second-order valence-corrected chi connectivity index (χ2v) is 2.73. The van der Waals surface area contributed by atoms with Gasteiger partial charge in [-0.15, -0.1) is 0 Å². The van der Waals surface area contributed by atoms with Crippen LogP contribution in [-0.4, -0.2) is 6.29 Å². The van der Waals surface area contributed by atoms with Crippen LogP contribution in [0.2, 0.25) is 0 Å². The first-order valence-electron chi connectivity index (χ1n) is 4.41. The summed E-state index contributed by atoms with van der Waals surface area (Å²) in [5.41, 5.74) is 1.04. The number of unbranched alkanes of at least 4 members (excludes halogenated alkanes) is 2. The second-order valence-electron chi connectivity index (χ2n) is 2.73. The fraction of sp³-hybridized carbons (Fsp3) is 0.250. The van der Waals surface area contributed by atoms with Crippen molar-refractivity contribution in [2.24, 2.45) is 0 Å². The van der Waals surface area contributed by atoms with Gasteiger partial charge in [0.2, 0.25) is 0 Å². The number of benzene rings is 1. The Morgan fingerprint density at radius 1 is 1.23 bits per heavy atom. The first-order valence-corrected chi connectivity index (χ1v) is 4.41. The fourth-order valence-electron chi connectivity index (χ4n) is 0.960. The van der Waals surface area contributed by atoms with Crippen molar-refractivity contribution in [3.05, 3.63) is 35.9 Å². The first kappa shape index (κ1) is 9.54. The third-order valence-corrected chi connectivity index (χ3v) is 1.63. The highest BCUT2D eigenvalue weighted by Gasteiger charge is 1.82. The first-order chi connectivity index (χ1) is 6.43. The maximum Gasteiger partial charge on any atom is 0.120 e. The van der Waals surface area contributed by atoms with Crippen molar-refractivity contribution >= 4 is 6.29 Å². The van der Waals surface area contributed by atoms with Gasteiger partial charge in [0.25, 0.3) is 0 Å². The Kier molecular flexibility index (Phi) is 4.42. The molecule has 13 heavy (non-hydrogen) atoms. The summed E-state index contributed by atoms with van der Waals surface area (Å²) in [6.45, 7) is 0. The normalized spacial score (nSPS) is 8.62. The lowest BCUT2D eigenvalue weighted by Gasteiger charge is -1.86. The molecule has 0 atom stereocenters. The molecule has 0 radical (unpaired) electrons. The molecule has 0 aliphatic rings. The van der Waals surface area contributed by atoms with Crippen molar-refractivity contribution < 1.29 is 4.79 Å². The zero-order valence-corrected chi connectivity index (χ0v) is 7.49. The van der Waals surface area contributed by atoms with Gasteiger partial charge in [0.05, 0.1) is 0 Å². The molecule has 1 aromatic carbocycles. The van der Waals surface area contributed by atoms with Crippen LogP contribution in [-0.2, 0) is 4.79 Å². The van der Waals surface area contributed by atoms with Gasteiger partial charge in [-0.3, -0.25) is 0 Å². The van der Waals surface area contributed by atoms with Crippen LogP contribution in [0.25, 0.3) is 0 Å². The minimum absolute atomic E-state index is 0.615. The maximum atomic E-state index is 9.99. The molecule has 0 fully saturated rings. The third kappa shape index (κ3) is 4.12. The van der Waals surface area contributed by atoms with Gasteiger partial charge in [0.15, 0.2) is 0 Å². The molecule has 0 saturated carbocycles. The van der Waals surface area contributed by atoms with E-state index in [2.05, 4.69) is 11.8 Å². The van der Waals surface area contributed by atoms with Gasteiger partial charge in [0, 0.05) is 18.4 Å². The molecule has 0 aliphatic carbocycles. The van der Waals surface area contributed by atoms with Crippen LogP contribution < -0.4 is 0 Å². The number of carbonyl (C=O) groups excluding carboxylic acids is 1. The minimum atomic E-state index is 0.615. The van der Waals surface area contributed by atoms with Gasteiger partial charge in [-0.2, -0.15) is 0 Å². The Morgan fingerprint density at radius 2 is 2.00 bits per heavy atom. The zero-order chi connectivity index (χ0) is 9.36. The van der Waals surface area contributed by atoms with E-state index in [9.17, 15) is 4.79 Å². The van der Waals surface area contributed by atoms with E-state index in [1.54, 1.807) is 0 Å². The predicted molar refractivity (Wildman–Crippen MR) is 53.2 cm³/mol. The van der Waals surface area contributed by atoms with Crippen molar-refractivity contribution in [3.63, 3.8) is 0 Å². The van der Waals surface area contributed by atoms with Crippen molar-refractivity contribution in [1.29, 1.82) is 0 Å². The third-order valence-electron chi connectivity index (χ3n) is 1.63. The topological polar surface area (TPSA) is 17.1 Å². The number of carbonyl (C=O) groups is 1. The lowest BCUT2D eigenvalue weighted by Crippen LogP contribution is -1.75. The molecule has 1 aromatic rings. The van der Waals surface area contributed by atoms with Crippen LogP contribution in [0.3, 0.4) is 0 Å². The average molecular weight is 172 g/mol. The van der Waals surface area contributed by atoms with Gasteiger partial charge in [0.1, 0.15) is 6.29 Å². The molecular weight excluding hydrogens is 160 g/mol. The maximum absolute atomic E-state index is 9.99. The summed E-state index contributed by atoms with van der Waals surface area (Å²) in [6.07, 6.45) is 3.21. The summed E-state index contributed by atoms with van der Waals surface area (Å²) in [7, 11) is 0. The van der Waals surface area contributed by atoms with Crippen molar-refractivity contribution in [2.45, 2.75) is 19.3 Å². The molecular formula is C12H12O. The van der Waals surface area contributed by atoms with E-state index in [1.165, 1.54) is 0 Å². The van der Waals surface area contributed by atoms with Crippen molar-refractivity contribution in [1.82, 2.24) is 0 Å². The highest BCUT2D eigenvalue weighted by Crippen LogP contribution is 1.96. The Hall–Kier alpha value is -1.55. The summed E-state index contributed by atoms with van der Waals surface area (Å²) in [5, 5.41) is 0. The molecule has 0 bridgehead atoms. The molecule has 66 valence electrons. The van der Waals surface area contributed by atoms with E-state index in [-0.39, 0.29) is 0 Å². The lowest BCUT2D eigenvalue weighted by atomic mass is 10.2. The molecule has 0 saturated heterocycles. The molecule has 1 heteroatoms. The van der Waals surface area contributed by atoms with Gasteiger partial charge in [-0.25, -0.2) is 0 Å². The Labute approximate surface area is 78.8 Å². The Bertz CT molecular complexity index is 303. The lowest BCUT2D eigenvalue weighted by molar-refractivity contribution is -0.107. The van der Waals surface area contributed by atoms with Crippen LogP contribution in [0.5, 0.6) is 0 Å². The Morgan fingerprint density at radius 3 is 2.69 bits per heavy atom. The van der Waals surface area contributed by atoms with Crippen LogP contribution >= 0.6 is 0 Å². The van der Waals surface area contributed by atoms with Crippen LogP contribution in [0.1, 0.15) is 24.8 Å². The van der Waals surface area contributed by atoms with Crippen LogP contribution in [0.15, 0.2) is 30.3 Å². The average Bonchev–Trinajstić information content (AvgIpc) is 2.19. The SMILES string of the molecule is O=CCCCC#Cc1ccccc1. The van der Waals surface area contributed by atoms with E-state index >= 15 is 0 Å². The van der Waals surface area contributed by atoms with Crippen LogP contribution in [0, 0.1) is 11.8 Å². The summed E-state index contributed by atoms with van der Waals surface area (Å²) in [6, 6.07) is 9.86. The number of hydrogen-bond acceptors (Lipinski definition) is 1. The molecule has 0 aromatic heterocycles. The van der Waals surface area contributed by atoms with E-state index in [4.69, 9.17) is 0 Å². The van der Waals surface area contributed by atoms with Crippen molar-refractivity contribution in [3.8, 4) is 11.8 Å². The van der Waals surface area contributed by atoms with Crippen LogP contribution in [0.4, 0.5) is 0 Å². The van der Waals surface area contributed by atoms with E-state index in [0.717, 1.165) is 24.7 Å². The fourth-order valence-corrected chi connectivity index (χ4v) is 0.960. The molecule has 0 spiro atoms. The molecule has 0 N–H and O–H groups in total. The summed E-state index contributed by atoms with van der Waals surface area (Å²) in [5.74, 6) is 6.07. The summed E-state index contributed by atoms with van der Waals surface area (Å²) < 4.78 is 0. The Balaban J connectivity index is 2.35. The highest BCUT2D eigenvalue weighted by molar-refractivity contribution is 5.49. The van der Waals surface area contributed by atoms with Gasteiger partial charge in [-0.1, -0.05) is 30.0 Å². The summed E-state index contributed by atoms with van der Waals surface area (Å²) >= 11 is 0. The highest BCUT2D eigenvalue weighted by atomic mass is 16.1. The smallest absolute Gasteiger partial charge is 0.120 e. The molecule has 0 unspecified atom stereocenters.